The maximum absolute atomic E-state index is 12.3. The molecule has 0 aromatic heterocycles. The summed E-state index contributed by atoms with van der Waals surface area (Å²) in [5.74, 6) is 1.01. The quantitative estimate of drug-likeness (QED) is 0.935. The van der Waals surface area contributed by atoms with E-state index in [-0.39, 0.29) is 11.7 Å². The summed E-state index contributed by atoms with van der Waals surface area (Å²) in [5.41, 5.74) is 1.07. The van der Waals surface area contributed by atoms with Crippen LogP contribution in [0.25, 0.3) is 0 Å². The predicted molar refractivity (Wildman–Crippen MR) is 91.0 cm³/mol. The number of hydrogen-bond acceptors (Lipinski definition) is 4. The van der Waals surface area contributed by atoms with Crippen LogP contribution in [0.15, 0.2) is 42.5 Å². The maximum atomic E-state index is 12.3. The Hall–Kier alpha value is -2.82. The van der Waals surface area contributed by atoms with Crippen molar-refractivity contribution in [3.8, 4) is 11.5 Å². The number of carbonyl (C=O) groups excluding carboxylic acids is 2. The molecule has 3 rings (SSSR count). The lowest BCUT2D eigenvalue weighted by Crippen LogP contribution is -2.35. The largest absolute Gasteiger partial charge is 0.497 e. The molecule has 24 heavy (non-hydrogen) atoms. The third kappa shape index (κ3) is 3.25. The number of hydrogen-bond donors (Lipinski definition) is 1. The molecule has 0 fully saturated rings. The Morgan fingerprint density at radius 3 is 2.54 bits per heavy atom. The average molecular weight is 325 g/mol. The van der Waals surface area contributed by atoms with E-state index in [0.29, 0.717) is 34.7 Å². The second-order valence-corrected chi connectivity index (χ2v) is 6.36. The molecule has 2 aromatic carbocycles. The van der Waals surface area contributed by atoms with E-state index < -0.39 is 5.60 Å². The molecule has 1 aliphatic rings. The zero-order valence-electron chi connectivity index (χ0n) is 13.9. The van der Waals surface area contributed by atoms with Crippen molar-refractivity contribution in [3.05, 3.63) is 53.6 Å². The van der Waals surface area contributed by atoms with Crippen LogP contribution in [-0.2, 0) is 0 Å². The van der Waals surface area contributed by atoms with Crippen LogP contribution in [0.4, 0.5) is 5.69 Å². The monoisotopic (exact) mass is 325 g/mol. The molecular formula is C19H19NO4. The zero-order chi connectivity index (χ0) is 17.3. The van der Waals surface area contributed by atoms with E-state index in [2.05, 4.69) is 5.32 Å². The van der Waals surface area contributed by atoms with Crippen molar-refractivity contribution in [1.29, 1.82) is 0 Å². The predicted octanol–water partition coefficient (Wildman–Crippen LogP) is 3.69. The van der Waals surface area contributed by atoms with Crippen molar-refractivity contribution in [3.63, 3.8) is 0 Å². The van der Waals surface area contributed by atoms with Crippen LogP contribution in [0.2, 0.25) is 0 Å². The number of nitrogens with one attached hydrogen (secondary N) is 1. The van der Waals surface area contributed by atoms with Crippen molar-refractivity contribution in [1.82, 2.24) is 0 Å². The number of anilines is 1. The lowest BCUT2D eigenvalue weighted by atomic mass is 9.93. The Balaban J connectivity index is 1.80. The summed E-state index contributed by atoms with van der Waals surface area (Å²) in [7, 11) is 1.57. The first-order chi connectivity index (χ1) is 11.4. The first kappa shape index (κ1) is 16.1. The van der Waals surface area contributed by atoms with E-state index in [1.54, 1.807) is 49.6 Å². The van der Waals surface area contributed by atoms with E-state index in [9.17, 15) is 9.59 Å². The van der Waals surface area contributed by atoms with Gasteiger partial charge in [-0.3, -0.25) is 9.59 Å². The molecule has 5 nitrogen and oxygen atoms in total. The highest BCUT2D eigenvalue weighted by Gasteiger charge is 2.32. The first-order valence-electron chi connectivity index (χ1n) is 7.70. The minimum atomic E-state index is -0.502. The topological polar surface area (TPSA) is 64.6 Å². The molecule has 0 saturated carbocycles. The van der Waals surface area contributed by atoms with Gasteiger partial charge in [0.1, 0.15) is 17.1 Å². The Morgan fingerprint density at radius 2 is 1.88 bits per heavy atom. The van der Waals surface area contributed by atoms with Gasteiger partial charge in [-0.05, 0) is 56.3 Å². The van der Waals surface area contributed by atoms with Crippen LogP contribution in [0.3, 0.4) is 0 Å². The molecule has 1 amide bonds. The number of benzene rings is 2. The Labute approximate surface area is 140 Å². The van der Waals surface area contributed by atoms with E-state index in [1.165, 1.54) is 0 Å². The SMILES string of the molecule is COc1ccc(C(=O)Nc2ccc3c(c2)C(=O)CC(C)(C)O3)cc1. The molecule has 1 N–H and O–H groups in total. The molecule has 1 heterocycles. The molecular weight excluding hydrogens is 306 g/mol. The van der Waals surface area contributed by atoms with Gasteiger partial charge in [0.2, 0.25) is 0 Å². The van der Waals surface area contributed by atoms with E-state index in [4.69, 9.17) is 9.47 Å². The van der Waals surface area contributed by atoms with Gasteiger partial charge in [0.25, 0.3) is 5.91 Å². The fourth-order valence-corrected chi connectivity index (χ4v) is 2.68. The number of ketones is 1. The van der Waals surface area contributed by atoms with Crippen LogP contribution in [0, 0.1) is 0 Å². The number of fused-ring (bicyclic) bond motifs is 1. The summed E-state index contributed by atoms with van der Waals surface area (Å²) in [6.45, 7) is 3.76. The molecule has 5 heteroatoms. The molecule has 0 bridgehead atoms. The van der Waals surface area contributed by atoms with Crippen LogP contribution < -0.4 is 14.8 Å². The highest BCUT2D eigenvalue weighted by atomic mass is 16.5. The van der Waals surface area contributed by atoms with Crippen LogP contribution in [-0.4, -0.2) is 24.4 Å². The minimum absolute atomic E-state index is 0.0156. The molecule has 124 valence electrons. The van der Waals surface area contributed by atoms with Gasteiger partial charge in [-0.15, -0.1) is 0 Å². The highest BCUT2D eigenvalue weighted by molar-refractivity contribution is 6.06. The van der Waals surface area contributed by atoms with Crippen LogP contribution >= 0.6 is 0 Å². The van der Waals surface area contributed by atoms with Gasteiger partial charge < -0.3 is 14.8 Å². The second-order valence-electron chi connectivity index (χ2n) is 6.36. The van der Waals surface area contributed by atoms with Gasteiger partial charge in [-0.25, -0.2) is 0 Å². The standard InChI is InChI=1S/C19H19NO4/c1-19(2)11-16(21)15-10-13(6-9-17(15)24-19)20-18(22)12-4-7-14(23-3)8-5-12/h4-10H,11H2,1-3H3,(H,20,22). The number of amides is 1. The van der Waals surface area contributed by atoms with Gasteiger partial charge in [-0.2, -0.15) is 0 Å². The van der Waals surface area contributed by atoms with Crippen molar-refractivity contribution in [2.75, 3.05) is 12.4 Å². The minimum Gasteiger partial charge on any atom is -0.497 e. The van der Waals surface area contributed by atoms with Gasteiger partial charge in [0, 0.05) is 11.3 Å². The molecule has 2 aromatic rings. The fraction of sp³-hybridized carbons (Fsp3) is 0.263. The molecule has 0 unspecified atom stereocenters. The number of carbonyl (C=O) groups is 2. The Morgan fingerprint density at radius 1 is 1.17 bits per heavy atom. The maximum Gasteiger partial charge on any atom is 0.255 e. The Bertz CT molecular complexity index is 794. The lowest BCUT2D eigenvalue weighted by Gasteiger charge is -2.31. The number of methoxy groups -OCH3 is 1. The lowest BCUT2D eigenvalue weighted by molar-refractivity contribution is 0.0620. The van der Waals surface area contributed by atoms with Gasteiger partial charge >= 0.3 is 0 Å². The summed E-state index contributed by atoms with van der Waals surface area (Å²) >= 11 is 0. The normalized spacial score (nSPS) is 15.2. The van der Waals surface area contributed by atoms with Crippen molar-refractivity contribution < 1.29 is 19.1 Å². The van der Waals surface area contributed by atoms with Crippen molar-refractivity contribution in [2.24, 2.45) is 0 Å². The zero-order valence-corrected chi connectivity index (χ0v) is 13.9. The molecule has 0 atom stereocenters. The van der Waals surface area contributed by atoms with Gasteiger partial charge in [0.15, 0.2) is 5.78 Å². The molecule has 0 radical (unpaired) electrons. The number of Topliss-reactive ketones (excluding diaryl/α,β-unsaturated/α-hetero) is 1. The summed E-state index contributed by atoms with van der Waals surface area (Å²) in [4.78, 5) is 24.6. The molecule has 0 saturated heterocycles. The number of rotatable bonds is 3. The Kier molecular flexibility index (Phi) is 4.01. The van der Waals surface area contributed by atoms with Crippen LogP contribution in [0.1, 0.15) is 41.0 Å². The van der Waals surface area contributed by atoms with Crippen molar-refractivity contribution in [2.45, 2.75) is 25.9 Å². The second kappa shape index (κ2) is 6.00. The summed E-state index contributed by atoms with van der Waals surface area (Å²) < 4.78 is 10.9. The van der Waals surface area contributed by atoms with Gasteiger partial charge in [-0.1, -0.05) is 0 Å². The third-order valence-corrected chi connectivity index (χ3v) is 3.86. The average Bonchev–Trinajstić information content (AvgIpc) is 2.54. The van der Waals surface area contributed by atoms with E-state index >= 15 is 0 Å². The van der Waals surface area contributed by atoms with E-state index in [0.717, 1.165) is 0 Å². The molecule has 0 aliphatic carbocycles. The summed E-state index contributed by atoms with van der Waals surface area (Å²) in [6.07, 6.45) is 0.315. The molecule has 0 spiro atoms. The molecule has 1 aliphatic heterocycles. The smallest absolute Gasteiger partial charge is 0.255 e. The van der Waals surface area contributed by atoms with Gasteiger partial charge in [0.05, 0.1) is 19.1 Å². The van der Waals surface area contributed by atoms with Crippen LogP contribution in [0.5, 0.6) is 11.5 Å². The summed E-state index contributed by atoms with van der Waals surface area (Å²) in [6, 6.07) is 11.9. The number of ether oxygens (including phenoxy) is 2. The van der Waals surface area contributed by atoms with Crippen molar-refractivity contribution >= 4 is 17.4 Å². The summed E-state index contributed by atoms with van der Waals surface area (Å²) in [5, 5.41) is 2.80. The highest BCUT2D eigenvalue weighted by Crippen LogP contribution is 2.34. The third-order valence-electron chi connectivity index (χ3n) is 3.86. The van der Waals surface area contributed by atoms with E-state index in [1.807, 2.05) is 13.8 Å². The first-order valence-corrected chi connectivity index (χ1v) is 7.70. The fourth-order valence-electron chi connectivity index (χ4n) is 2.68.